The molecule has 1 atom stereocenters. The lowest BCUT2D eigenvalue weighted by atomic mass is 10.1. The standard InChI is InChI=1S/C21H19BrN6O/c1-13-8-14(4-6-24-13)18-2-3-19-20(26-18)28(17-5-7-27(19)12-17)21(29)25-16-9-15(22)10-23-11-16/h2-4,6,8-11,17H,5,7,12H2,1H3,(H,25,29)/t17-/m0/s1. The number of carbonyl (C=O) groups is 1. The van der Waals surface area contributed by atoms with Gasteiger partial charge >= 0.3 is 6.03 Å². The van der Waals surface area contributed by atoms with Gasteiger partial charge in [-0.25, -0.2) is 9.78 Å². The molecule has 3 aromatic heterocycles. The molecule has 7 nitrogen and oxygen atoms in total. The molecule has 1 saturated heterocycles. The van der Waals surface area contributed by atoms with Crippen molar-refractivity contribution in [3.63, 3.8) is 0 Å². The summed E-state index contributed by atoms with van der Waals surface area (Å²) in [5.41, 5.74) is 4.40. The van der Waals surface area contributed by atoms with E-state index in [0.717, 1.165) is 46.6 Å². The first kappa shape index (κ1) is 18.1. The van der Waals surface area contributed by atoms with Crippen LogP contribution in [0.15, 0.2) is 53.4 Å². The Morgan fingerprint density at radius 3 is 2.97 bits per heavy atom. The van der Waals surface area contributed by atoms with E-state index in [9.17, 15) is 4.79 Å². The van der Waals surface area contributed by atoms with Crippen molar-refractivity contribution in [2.75, 3.05) is 28.2 Å². The number of halogens is 1. The third kappa shape index (κ3) is 3.33. The molecule has 0 aliphatic carbocycles. The first-order chi connectivity index (χ1) is 14.1. The van der Waals surface area contributed by atoms with Crippen LogP contribution in [0.4, 0.5) is 22.0 Å². The molecular weight excluding hydrogens is 432 g/mol. The zero-order valence-corrected chi connectivity index (χ0v) is 17.4. The molecule has 3 aromatic rings. The Hall–Kier alpha value is -3.00. The molecule has 0 saturated carbocycles. The lowest BCUT2D eigenvalue weighted by Gasteiger charge is -2.36. The number of hydrogen-bond donors (Lipinski definition) is 1. The number of amides is 2. The number of aromatic nitrogens is 3. The van der Waals surface area contributed by atoms with Crippen molar-refractivity contribution in [1.82, 2.24) is 15.0 Å². The molecule has 5 heterocycles. The molecule has 2 aliphatic heterocycles. The van der Waals surface area contributed by atoms with E-state index in [0.29, 0.717) is 11.5 Å². The van der Waals surface area contributed by atoms with Crippen LogP contribution in [0.2, 0.25) is 0 Å². The molecule has 0 spiro atoms. The van der Waals surface area contributed by atoms with Crippen molar-refractivity contribution in [2.24, 2.45) is 0 Å². The van der Waals surface area contributed by atoms with Gasteiger partial charge in [0.05, 0.1) is 29.3 Å². The second-order valence-electron chi connectivity index (χ2n) is 7.31. The maximum atomic E-state index is 13.2. The number of aryl methyl sites for hydroxylation is 1. The van der Waals surface area contributed by atoms with E-state index in [4.69, 9.17) is 4.98 Å². The van der Waals surface area contributed by atoms with Crippen LogP contribution >= 0.6 is 15.9 Å². The summed E-state index contributed by atoms with van der Waals surface area (Å²) in [6.07, 6.45) is 6.03. The van der Waals surface area contributed by atoms with E-state index in [2.05, 4.69) is 42.2 Å². The summed E-state index contributed by atoms with van der Waals surface area (Å²) in [6.45, 7) is 3.71. The minimum Gasteiger partial charge on any atom is -0.366 e. The van der Waals surface area contributed by atoms with Gasteiger partial charge in [-0.15, -0.1) is 0 Å². The Balaban J connectivity index is 1.53. The number of rotatable bonds is 2. The highest BCUT2D eigenvalue weighted by molar-refractivity contribution is 9.10. The number of hydrogen-bond acceptors (Lipinski definition) is 5. The van der Waals surface area contributed by atoms with Crippen LogP contribution < -0.4 is 15.1 Å². The quantitative estimate of drug-likeness (QED) is 0.631. The SMILES string of the molecule is Cc1cc(-c2ccc3c(n2)N(C(=O)Nc2cncc(Br)c2)[C@H]2CCN3C2)ccn1. The topological polar surface area (TPSA) is 74.2 Å². The molecule has 1 N–H and O–H groups in total. The second-order valence-corrected chi connectivity index (χ2v) is 8.22. The summed E-state index contributed by atoms with van der Waals surface area (Å²) in [5.74, 6) is 0.700. The number of anilines is 3. The highest BCUT2D eigenvalue weighted by atomic mass is 79.9. The number of fused-ring (bicyclic) bond motifs is 4. The molecule has 2 bridgehead atoms. The van der Waals surface area contributed by atoms with E-state index < -0.39 is 0 Å². The Morgan fingerprint density at radius 2 is 2.14 bits per heavy atom. The fourth-order valence-electron chi connectivity index (χ4n) is 4.00. The fourth-order valence-corrected chi connectivity index (χ4v) is 4.37. The van der Waals surface area contributed by atoms with Gasteiger partial charge in [-0.1, -0.05) is 0 Å². The summed E-state index contributed by atoms with van der Waals surface area (Å²) < 4.78 is 0.815. The third-order valence-corrected chi connectivity index (χ3v) is 5.75. The molecule has 2 aliphatic rings. The van der Waals surface area contributed by atoms with Gasteiger partial charge in [-0.3, -0.25) is 14.9 Å². The first-order valence-electron chi connectivity index (χ1n) is 9.48. The van der Waals surface area contributed by atoms with Crippen molar-refractivity contribution in [3.05, 3.63) is 59.1 Å². The Kier molecular flexibility index (Phi) is 4.43. The smallest absolute Gasteiger partial charge is 0.327 e. The number of nitrogens with zero attached hydrogens (tertiary/aromatic N) is 5. The van der Waals surface area contributed by atoms with Gasteiger partial charge in [0.2, 0.25) is 0 Å². The van der Waals surface area contributed by atoms with E-state index in [1.165, 1.54) is 0 Å². The maximum Gasteiger partial charge on any atom is 0.327 e. The lowest BCUT2D eigenvalue weighted by molar-refractivity contribution is 0.255. The Bertz CT molecular complexity index is 1100. The summed E-state index contributed by atoms with van der Waals surface area (Å²) in [4.78, 5) is 30.6. The molecule has 5 rings (SSSR count). The molecule has 0 aromatic carbocycles. The molecule has 8 heteroatoms. The molecule has 2 amide bonds. The normalized spacial score (nSPS) is 17.2. The van der Waals surface area contributed by atoms with Crippen molar-refractivity contribution in [3.8, 4) is 11.3 Å². The molecule has 0 unspecified atom stereocenters. The van der Waals surface area contributed by atoms with Crippen LogP contribution in [0.25, 0.3) is 11.3 Å². The van der Waals surface area contributed by atoms with Gasteiger partial charge in [0, 0.05) is 41.2 Å². The molecule has 0 radical (unpaired) electrons. The van der Waals surface area contributed by atoms with E-state index >= 15 is 0 Å². The summed E-state index contributed by atoms with van der Waals surface area (Å²) in [6, 6.07) is 9.77. The molecular formula is C21H19BrN6O. The van der Waals surface area contributed by atoms with Crippen molar-refractivity contribution in [1.29, 1.82) is 0 Å². The monoisotopic (exact) mass is 450 g/mol. The minimum atomic E-state index is -0.187. The van der Waals surface area contributed by atoms with Crippen molar-refractivity contribution < 1.29 is 4.79 Å². The van der Waals surface area contributed by atoms with E-state index in [-0.39, 0.29) is 12.1 Å². The van der Waals surface area contributed by atoms with Crippen LogP contribution in [0.5, 0.6) is 0 Å². The number of carbonyl (C=O) groups excluding carboxylic acids is 1. The summed E-state index contributed by atoms with van der Waals surface area (Å²) >= 11 is 3.40. The Labute approximate surface area is 176 Å². The predicted octanol–water partition coefficient (Wildman–Crippen LogP) is 4.24. The van der Waals surface area contributed by atoms with Crippen molar-refractivity contribution >= 4 is 39.2 Å². The predicted molar refractivity (Wildman–Crippen MR) is 116 cm³/mol. The van der Waals surface area contributed by atoms with Gasteiger partial charge in [-0.2, -0.15) is 0 Å². The first-order valence-corrected chi connectivity index (χ1v) is 10.3. The number of urea groups is 1. The number of nitrogens with one attached hydrogen (secondary N) is 1. The fraction of sp³-hybridized carbons (Fsp3) is 0.238. The average Bonchev–Trinajstić information content (AvgIpc) is 3.12. The van der Waals surface area contributed by atoms with Crippen LogP contribution in [0.3, 0.4) is 0 Å². The zero-order valence-electron chi connectivity index (χ0n) is 15.8. The third-order valence-electron chi connectivity index (χ3n) is 5.32. The van der Waals surface area contributed by atoms with Crippen LogP contribution in [0.1, 0.15) is 12.1 Å². The highest BCUT2D eigenvalue weighted by Gasteiger charge is 2.40. The van der Waals surface area contributed by atoms with Gasteiger partial charge in [0.1, 0.15) is 0 Å². The molecule has 1 fully saturated rings. The van der Waals surface area contributed by atoms with Gasteiger partial charge in [0.15, 0.2) is 5.82 Å². The van der Waals surface area contributed by atoms with Gasteiger partial charge in [0.25, 0.3) is 0 Å². The van der Waals surface area contributed by atoms with Gasteiger partial charge in [-0.05, 0) is 59.6 Å². The second kappa shape index (κ2) is 7.11. The van der Waals surface area contributed by atoms with E-state index in [1.807, 2.05) is 31.2 Å². The Morgan fingerprint density at radius 1 is 1.24 bits per heavy atom. The van der Waals surface area contributed by atoms with E-state index in [1.54, 1.807) is 23.5 Å². The van der Waals surface area contributed by atoms with Crippen molar-refractivity contribution in [2.45, 2.75) is 19.4 Å². The summed E-state index contributed by atoms with van der Waals surface area (Å²) in [5, 5.41) is 2.97. The molecule has 146 valence electrons. The lowest BCUT2D eigenvalue weighted by Crippen LogP contribution is -2.48. The molecule has 29 heavy (non-hydrogen) atoms. The van der Waals surface area contributed by atoms with Crippen LogP contribution in [0, 0.1) is 6.92 Å². The van der Waals surface area contributed by atoms with Gasteiger partial charge < -0.3 is 10.2 Å². The number of pyridine rings is 3. The largest absolute Gasteiger partial charge is 0.366 e. The highest BCUT2D eigenvalue weighted by Crippen LogP contribution is 2.40. The summed E-state index contributed by atoms with van der Waals surface area (Å²) in [7, 11) is 0. The van der Waals surface area contributed by atoms with Crippen LogP contribution in [-0.2, 0) is 0 Å². The zero-order chi connectivity index (χ0) is 20.0. The average molecular weight is 451 g/mol. The minimum absolute atomic E-state index is 0.101. The van der Waals surface area contributed by atoms with Crippen LogP contribution in [-0.4, -0.2) is 40.1 Å². The maximum absolute atomic E-state index is 13.2.